The molecule has 0 spiro atoms. The van der Waals surface area contributed by atoms with Gasteiger partial charge < -0.3 is 11.1 Å². The Morgan fingerprint density at radius 1 is 1.47 bits per heavy atom. The largest absolute Gasteiger partial charge is 0.399 e. The lowest BCUT2D eigenvalue weighted by atomic mass is 10.1. The van der Waals surface area contributed by atoms with Crippen LogP contribution in [0.25, 0.3) is 0 Å². The SMILES string of the molecule is CC(C)C1Sc2cc(N)ccc2NC1=O. The fraction of sp³-hybridized carbons (Fsp3) is 0.364. The summed E-state index contributed by atoms with van der Waals surface area (Å²) in [6.45, 7) is 4.10. The molecule has 1 unspecified atom stereocenters. The van der Waals surface area contributed by atoms with Crippen LogP contribution < -0.4 is 11.1 Å². The van der Waals surface area contributed by atoms with E-state index in [1.165, 1.54) is 0 Å². The van der Waals surface area contributed by atoms with E-state index in [-0.39, 0.29) is 11.2 Å². The van der Waals surface area contributed by atoms with Crippen molar-refractivity contribution in [1.82, 2.24) is 0 Å². The monoisotopic (exact) mass is 222 g/mol. The zero-order chi connectivity index (χ0) is 11.0. The zero-order valence-corrected chi connectivity index (χ0v) is 9.60. The van der Waals surface area contributed by atoms with Crippen molar-refractivity contribution in [3.05, 3.63) is 18.2 Å². The number of nitrogens with one attached hydrogen (secondary N) is 1. The standard InChI is InChI=1S/C11H14N2OS/c1-6(2)10-11(14)13-8-4-3-7(12)5-9(8)15-10/h3-6,10H,12H2,1-2H3,(H,13,14). The van der Waals surface area contributed by atoms with Gasteiger partial charge in [0.1, 0.15) is 0 Å². The smallest absolute Gasteiger partial charge is 0.238 e. The second-order valence-corrected chi connectivity index (χ2v) is 5.21. The predicted octanol–water partition coefficient (Wildman–Crippen LogP) is 2.34. The Hall–Kier alpha value is -1.16. The molecule has 1 aromatic rings. The van der Waals surface area contributed by atoms with Crippen LogP contribution in [0.5, 0.6) is 0 Å². The van der Waals surface area contributed by atoms with Gasteiger partial charge in [0.05, 0.1) is 10.9 Å². The van der Waals surface area contributed by atoms with Gasteiger partial charge in [-0.3, -0.25) is 4.79 Å². The first-order valence-electron chi connectivity index (χ1n) is 4.95. The highest BCUT2D eigenvalue weighted by molar-refractivity contribution is 8.01. The summed E-state index contributed by atoms with van der Waals surface area (Å²) in [5.74, 6) is 0.414. The summed E-state index contributed by atoms with van der Waals surface area (Å²) in [4.78, 5) is 12.8. The fourth-order valence-electron chi connectivity index (χ4n) is 1.57. The molecule has 1 atom stereocenters. The molecular formula is C11H14N2OS. The molecule has 3 N–H and O–H groups in total. The molecule has 1 heterocycles. The Balaban J connectivity index is 2.34. The van der Waals surface area contributed by atoms with Crippen molar-refractivity contribution >= 4 is 29.0 Å². The maximum atomic E-state index is 11.7. The summed E-state index contributed by atoms with van der Waals surface area (Å²) < 4.78 is 0. The van der Waals surface area contributed by atoms with Crippen molar-refractivity contribution in [1.29, 1.82) is 0 Å². The highest BCUT2D eigenvalue weighted by Crippen LogP contribution is 2.39. The van der Waals surface area contributed by atoms with Crippen LogP contribution in [0, 0.1) is 5.92 Å². The summed E-state index contributed by atoms with van der Waals surface area (Å²) in [5.41, 5.74) is 7.32. The lowest BCUT2D eigenvalue weighted by Crippen LogP contribution is -2.32. The third-order valence-corrected chi connectivity index (χ3v) is 3.99. The van der Waals surface area contributed by atoms with Crippen LogP contribution in [-0.4, -0.2) is 11.2 Å². The van der Waals surface area contributed by atoms with Crippen molar-refractivity contribution in [3.8, 4) is 0 Å². The van der Waals surface area contributed by atoms with Crippen molar-refractivity contribution in [2.75, 3.05) is 11.1 Å². The molecule has 2 rings (SSSR count). The maximum absolute atomic E-state index is 11.7. The minimum atomic E-state index is -0.0145. The third kappa shape index (κ3) is 1.95. The van der Waals surface area contributed by atoms with Crippen LogP contribution >= 0.6 is 11.8 Å². The molecule has 1 aliphatic rings. The highest BCUT2D eigenvalue weighted by Gasteiger charge is 2.29. The molecule has 4 heteroatoms. The number of anilines is 2. The first-order chi connectivity index (χ1) is 7.08. The number of benzene rings is 1. The van der Waals surface area contributed by atoms with Crippen LogP contribution in [0.2, 0.25) is 0 Å². The molecule has 0 radical (unpaired) electrons. The quantitative estimate of drug-likeness (QED) is 0.717. The van der Waals surface area contributed by atoms with Crippen molar-refractivity contribution in [2.45, 2.75) is 24.0 Å². The average Bonchev–Trinajstić information content (AvgIpc) is 2.17. The number of fused-ring (bicyclic) bond motifs is 1. The van der Waals surface area contributed by atoms with E-state index in [1.807, 2.05) is 12.1 Å². The Morgan fingerprint density at radius 2 is 2.20 bits per heavy atom. The Morgan fingerprint density at radius 3 is 2.87 bits per heavy atom. The van der Waals surface area contributed by atoms with Gasteiger partial charge in [-0.1, -0.05) is 13.8 Å². The van der Waals surface area contributed by atoms with Gasteiger partial charge in [-0.25, -0.2) is 0 Å². The lowest BCUT2D eigenvalue weighted by molar-refractivity contribution is -0.116. The van der Waals surface area contributed by atoms with Gasteiger partial charge >= 0.3 is 0 Å². The second kappa shape index (κ2) is 3.77. The predicted molar refractivity (Wildman–Crippen MR) is 64.0 cm³/mol. The van der Waals surface area contributed by atoms with Gasteiger partial charge in [0, 0.05) is 10.6 Å². The number of carbonyl (C=O) groups excluding carboxylic acids is 1. The number of hydrogen-bond acceptors (Lipinski definition) is 3. The van der Waals surface area contributed by atoms with E-state index in [0.29, 0.717) is 5.92 Å². The van der Waals surface area contributed by atoms with Gasteiger partial charge in [-0.05, 0) is 24.1 Å². The Labute approximate surface area is 93.4 Å². The molecule has 3 nitrogen and oxygen atoms in total. The minimum Gasteiger partial charge on any atom is -0.399 e. The lowest BCUT2D eigenvalue weighted by Gasteiger charge is -2.26. The van der Waals surface area contributed by atoms with Crippen LogP contribution in [0.1, 0.15) is 13.8 Å². The third-order valence-electron chi connectivity index (χ3n) is 2.38. The maximum Gasteiger partial charge on any atom is 0.238 e. The molecule has 80 valence electrons. The number of hydrogen-bond donors (Lipinski definition) is 2. The molecule has 1 amide bonds. The molecule has 0 fully saturated rings. The minimum absolute atomic E-state index is 0.0145. The van der Waals surface area contributed by atoms with E-state index in [2.05, 4.69) is 19.2 Å². The van der Waals surface area contributed by atoms with E-state index >= 15 is 0 Å². The molecule has 0 bridgehead atoms. The van der Waals surface area contributed by atoms with Crippen LogP contribution in [0.15, 0.2) is 23.1 Å². The normalized spacial score (nSPS) is 19.9. The van der Waals surface area contributed by atoms with E-state index < -0.39 is 0 Å². The van der Waals surface area contributed by atoms with Crippen LogP contribution in [0.4, 0.5) is 11.4 Å². The zero-order valence-electron chi connectivity index (χ0n) is 8.78. The van der Waals surface area contributed by atoms with Crippen molar-refractivity contribution < 1.29 is 4.79 Å². The number of rotatable bonds is 1. The fourth-order valence-corrected chi connectivity index (χ4v) is 2.73. The van der Waals surface area contributed by atoms with Gasteiger partial charge in [0.15, 0.2) is 0 Å². The molecule has 1 aliphatic heterocycles. The Bertz CT molecular complexity index is 404. The second-order valence-electron chi connectivity index (χ2n) is 4.03. The first kappa shape index (κ1) is 10.4. The van der Waals surface area contributed by atoms with Gasteiger partial charge in [0.2, 0.25) is 5.91 Å². The molecule has 1 aromatic carbocycles. The Kier molecular flexibility index (Phi) is 2.61. The first-order valence-corrected chi connectivity index (χ1v) is 5.83. The van der Waals surface area contributed by atoms with Crippen LogP contribution in [0.3, 0.4) is 0 Å². The number of nitrogens with two attached hydrogens (primary N) is 1. The molecule has 15 heavy (non-hydrogen) atoms. The van der Waals surface area contributed by atoms with Crippen molar-refractivity contribution in [3.63, 3.8) is 0 Å². The number of carbonyl (C=O) groups is 1. The molecule has 0 saturated heterocycles. The topological polar surface area (TPSA) is 55.1 Å². The van der Waals surface area contributed by atoms with E-state index in [9.17, 15) is 4.79 Å². The highest BCUT2D eigenvalue weighted by atomic mass is 32.2. The summed E-state index contributed by atoms with van der Waals surface area (Å²) in [6.07, 6.45) is 0. The summed E-state index contributed by atoms with van der Waals surface area (Å²) in [7, 11) is 0. The number of amides is 1. The molecule has 0 aromatic heterocycles. The van der Waals surface area contributed by atoms with E-state index in [0.717, 1.165) is 16.3 Å². The van der Waals surface area contributed by atoms with E-state index in [4.69, 9.17) is 5.73 Å². The number of thioether (sulfide) groups is 1. The molecule has 0 saturated carbocycles. The number of nitrogen functional groups attached to an aromatic ring is 1. The summed E-state index contributed by atoms with van der Waals surface area (Å²) >= 11 is 1.60. The summed E-state index contributed by atoms with van der Waals surface area (Å²) in [5, 5.41) is 2.89. The summed E-state index contributed by atoms with van der Waals surface area (Å²) in [6, 6.07) is 5.57. The van der Waals surface area contributed by atoms with Gasteiger partial charge in [0.25, 0.3) is 0 Å². The van der Waals surface area contributed by atoms with Crippen LogP contribution in [-0.2, 0) is 4.79 Å². The van der Waals surface area contributed by atoms with Gasteiger partial charge in [-0.15, -0.1) is 11.8 Å². The average molecular weight is 222 g/mol. The van der Waals surface area contributed by atoms with Crippen molar-refractivity contribution in [2.24, 2.45) is 5.92 Å². The van der Waals surface area contributed by atoms with Gasteiger partial charge in [-0.2, -0.15) is 0 Å². The molecular weight excluding hydrogens is 208 g/mol. The molecule has 0 aliphatic carbocycles. The van der Waals surface area contributed by atoms with E-state index in [1.54, 1.807) is 17.8 Å².